The third-order valence-electron chi connectivity index (χ3n) is 6.81. The fraction of sp³-hybridized carbons (Fsp3) is 0.452. The molecule has 0 bridgehead atoms. The molecule has 2 N–H and O–H groups in total. The van der Waals surface area contributed by atoms with Crippen molar-refractivity contribution in [2.24, 2.45) is 10.9 Å². The van der Waals surface area contributed by atoms with Crippen molar-refractivity contribution in [1.82, 2.24) is 5.32 Å². The second kappa shape index (κ2) is 15.8. The third-order valence-corrected chi connectivity index (χ3v) is 6.81. The maximum atomic E-state index is 12.9. The van der Waals surface area contributed by atoms with E-state index in [1.54, 1.807) is 39.2 Å². The van der Waals surface area contributed by atoms with Gasteiger partial charge in [-0.25, -0.2) is 4.79 Å². The van der Waals surface area contributed by atoms with E-state index in [2.05, 4.69) is 10.3 Å². The molecule has 2 aromatic carbocycles. The lowest BCUT2D eigenvalue weighted by atomic mass is 9.75. The van der Waals surface area contributed by atoms with Gasteiger partial charge in [-0.15, -0.1) is 0 Å². The normalized spacial score (nSPS) is 17.4. The number of hydrogen-bond acceptors (Lipinski definition) is 10. The Labute approximate surface area is 241 Å². The molecule has 0 fully saturated rings. The molecule has 0 aliphatic carbocycles. The minimum Gasteiger partial charge on any atom is -0.497 e. The number of nitrogens with one attached hydrogen (secondary N) is 1. The molecule has 10 heteroatoms. The van der Waals surface area contributed by atoms with Gasteiger partial charge in [0.25, 0.3) is 0 Å². The first-order chi connectivity index (χ1) is 19.8. The summed E-state index contributed by atoms with van der Waals surface area (Å²) in [6, 6.07) is 14.7. The van der Waals surface area contributed by atoms with Gasteiger partial charge in [-0.2, -0.15) is 0 Å². The summed E-state index contributed by atoms with van der Waals surface area (Å²) in [7, 11) is 4.15. The van der Waals surface area contributed by atoms with Crippen LogP contribution < -0.4 is 19.5 Å². The van der Waals surface area contributed by atoms with Crippen LogP contribution in [0.15, 0.2) is 64.8 Å². The predicted octanol–water partition coefficient (Wildman–Crippen LogP) is 3.68. The van der Waals surface area contributed by atoms with Crippen molar-refractivity contribution in [2.45, 2.75) is 38.7 Å². The fourth-order valence-corrected chi connectivity index (χ4v) is 4.78. The van der Waals surface area contributed by atoms with Gasteiger partial charge in [0.15, 0.2) is 0 Å². The molecule has 1 aliphatic rings. The number of ether oxygens (including phenoxy) is 5. The molecule has 0 amide bonds. The van der Waals surface area contributed by atoms with Gasteiger partial charge in [0, 0.05) is 29.4 Å². The molecular formula is C31H40N2O8. The Morgan fingerprint density at radius 3 is 2.41 bits per heavy atom. The molecule has 3 rings (SSSR count). The predicted molar refractivity (Wildman–Crippen MR) is 155 cm³/mol. The molecule has 222 valence electrons. The molecule has 3 atom stereocenters. The van der Waals surface area contributed by atoms with Crippen molar-refractivity contribution in [2.75, 3.05) is 47.6 Å². The average Bonchev–Trinajstić information content (AvgIpc) is 2.99. The van der Waals surface area contributed by atoms with Gasteiger partial charge in [-0.3, -0.25) is 9.79 Å². The molecule has 3 unspecified atom stereocenters. The second-order valence-corrected chi connectivity index (χ2v) is 9.66. The van der Waals surface area contributed by atoms with E-state index < -0.39 is 29.9 Å². The summed E-state index contributed by atoms with van der Waals surface area (Å²) in [4.78, 5) is 30.3. The lowest BCUT2D eigenvalue weighted by Gasteiger charge is -2.32. The Bertz CT molecular complexity index is 1230. The summed E-state index contributed by atoms with van der Waals surface area (Å²) >= 11 is 0. The molecule has 1 aliphatic heterocycles. The molecule has 0 saturated carbocycles. The summed E-state index contributed by atoms with van der Waals surface area (Å²) in [6.45, 7) is 5.17. The van der Waals surface area contributed by atoms with Crippen LogP contribution in [0.25, 0.3) is 0 Å². The van der Waals surface area contributed by atoms with E-state index in [9.17, 15) is 14.7 Å². The molecule has 2 aromatic rings. The zero-order valence-corrected chi connectivity index (χ0v) is 24.3. The number of methoxy groups -OCH3 is 3. The minimum atomic E-state index is -0.839. The quantitative estimate of drug-likeness (QED) is 0.245. The number of esters is 2. The van der Waals surface area contributed by atoms with Crippen LogP contribution in [0.2, 0.25) is 0 Å². The monoisotopic (exact) mass is 568 g/mol. The van der Waals surface area contributed by atoms with Crippen molar-refractivity contribution < 1.29 is 38.4 Å². The third kappa shape index (κ3) is 8.55. The molecular weight excluding hydrogens is 528 g/mol. The maximum Gasteiger partial charge on any atom is 0.336 e. The first-order valence-electron chi connectivity index (χ1n) is 13.6. The Kier molecular flexibility index (Phi) is 12.2. The highest BCUT2D eigenvalue weighted by Gasteiger charge is 2.43. The molecule has 0 radical (unpaired) electrons. The zero-order valence-electron chi connectivity index (χ0n) is 24.3. The van der Waals surface area contributed by atoms with Crippen LogP contribution in [0.5, 0.6) is 17.2 Å². The van der Waals surface area contributed by atoms with E-state index in [4.69, 9.17) is 23.7 Å². The number of para-hydroxylation sites is 1. The van der Waals surface area contributed by atoms with Crippen molar-refractivity contribution in [3.05, 3.63) is 65.4 Å². The molecule has 0 saturated heterocycles. The van der Waals surface area contributed by atoms with Crippen molar-refractivity contribution in [3.63, 3.8) is 0 Å². The van der Waals surface area contributed by atoms with Gasteiger partial charge in [-0.05, 0) is 63.6 Å². The molecule has 0 spiro atoms. The van der Waals surface area contributed by atoms with Gasteiger partial charge < -0.3 is 34.1 Å². The number of hydrogen-bond donors (Lipinski definition) is 2. The van der Waals surface area contributed by atoms with Gasteiger partial charge in [0.1, 0.15) is 35.9 Å². The minimum absolute atomic E-state index is 0.208. The standard InChI is InChI=1S/C31H40N2O8/c1-20-27(30(35)38-4)29(28(21(2)33-20)31(36)39-5)25-17-24(37-3)13-14-26(25)40-16-10-9-15-32-18-22(34)19-41-23-11-7-6-8-12-23/h6-8,11-14,17,22,27,29,32,34H,9-10,15-16,18-19H2,1-5H3. The number of allylic oxidation sites excluding steroid dienone is 1. The highest BCUT2D eigenvalue weighted by atomic mass is 16.5. The van der Waals surface area contributed by atoms with Crippen molar-refractivity contribution >= 4 is 17.7 Å². The molecule has 10 nitrogen and oxygen atoms in total. The lowest BCUT2D eigenvalue weighted by molar-refractivity contribution is -0.143. The number of rotatable bonds is 15. The number of carbonyl (C=O) groups excluding carboxylic acids is 2. The fourth-order valence-electron chi connectivity index (χ4n) is 4.78. The van der Waals surface area contributed by atoms with Gasteiger partial charge >= 0.3 is 11.9 Å². The number of aliphatic hydroxyl groups excluding tert-OH is 1. The van der Waals surface area contributed by atoms with E-state index in [0.717, 1.165) is 18.6 Å². The van der Waals surface area contributed by atoms with E-state index in [1.165, 1.54) is 14.2 Å². The Morgan fingerprint density at radius 1 is 0.976 bits per heavy atom. The molecule has 0 aromatic heterocycles. The summed E-state index contributed by atoms with van der Waals surface area (Å²) in [5, 5.41) is 13.4. The summed E-state index contributed by atoms with van der Waals surface area (Å²) in [6.07, 6.45) is 0.919. The van der Waals surface area contributed by atoms with Crippen LogP contribution in [0.3, 0.4) is 0 Å². The lowest BCUT2D eigenvalue weighted by Crippen LogP contribution is -2.36. The number of benzene rings is 2. The molecule has 1 heterocycles. The largest absolute Gasteiger partial charge is 0.497 e. The summed E-state index contributed by atoms with van der Waals surface area (Å²) < 4.78 is 27.4. The number of aliphatic imine (C=N–C) groups is 1. The Balaban J connectivity index is 1.64. The Hall–Kier alpha value is -3.89. The van der Waals surface area contributed by atoms with E-state index in [-0.39, 0.29) is 12.2 Å². The van der Waals surface area contributed by atoms with Gasteiger partial charge in [0.2, 0.25) is 0 Å². The highest BCUT2D eigenvalue weighted by Crippen LogP contribution is 2.44. The maximum absolute atomic E-state index is 12.9. The van der Waals surface area contributed by atoms with Crippen LogP contribution in [0.1, 0.15) is 38.2 Å². The Morgan fingerprint density at radius 2 is 1.73 bits per heavy atom. The number of nitrogens with zero attached hydrogens (tertiary/aromatic N) is 1. The van der Waals surface area contributed by atoms with Crippen LogP contribution in [0, 0.1) is 5.92 Å². The SMILES string of the molecule is COC(=O)C1=C(C)N=C(C)C(C(=O)OC)C1c1cc(OC)ccc1OCCCCNCC(O)COc1ccccc1. The number of aliphatic hydroxyl groups is 1. The topological polar surface area (TPSA) is 125 Å². The van der Waals surface area contributed by atoms with Crippen LogP contribution in [-0.2, 0) is 19.1 Å². The average molecular weight is 569 g/mol. The molecule has 41 heavy (non-hydrogen) atoms. The van der Waals surface area contributed by atoms with E-state index in [0.29, 0.717) is 48.2 Å². The van der Waals surface area contributed by atoms with E-state index >= 15 is 0 Å². The highest BCUT2D eigenvalue weighted by molar-refractivity contribution is 6.07. The smallest absolute Gasteiger partial charge is 0.336 e. The number of unbranched alkanes of at least 4 members (excludes halogenated alkanes) is 1. The van der Waals surface area contributed by atoms with Crippen LogP contribution in [0.4, 0.5) is 0 Å². The first kappa shape index (κ1) is 31.6. The zero-order chi connectivity index (χ0) is 29.8. The van der Waals surface area contributed by atoms with E-state index in [1.807, 2.05) is 30.3 Å². The van der Waals surface area contributed by atoms with Crippen molar-refractivity contribution in [1.29, 1.82) is 0 Å². The first-order valence-corrected chi connectivity index (χ1v) is 13.6. The van der Waals surface area contributed by atoms with Crippen molar-refractivity contribution in [3.8, 4) is 17.2 Å². The van der Waals surface area contributed by atoms with Gasteiger partial charge in [-0.1, -0.05) is 18.2 Å². The number of carbonyl (C=O) groups is 2. The second-order valence-electron chi connectivity index (χ2n) is 9.66. The van der Waals surface area contributed by atoms with Gasteiger partial charge in [0.05, 0.1) is 33.5 Å². The van der Waals surface area contributed by atoms with Crippen LogP contribution in [-0.4, -0.2) is 76.5 Å². The van der Waals surface area contributed by atoms with Crippen LogP contribution >= 0.6 is 0 Å². The summed E-state index contributed by atoms with van der Waals surface area (Å²) in [5.74, 6) is -0.866. The summed E-state index contributed by atoms with van der Waals surface area (Å²) in [5.41, 5.74) is 1.87.